The van der Waals surface area contributed by atoms with E-state index in [0.29, 0.717) is 6.54 Å². The molecule has 0 spiro atoms. The fourth-order valence-corrected chi connectivity index (χ4v) is 2.36. The van der Waals surface area contributed by atoms with Crippen LogP contribution in [0.25, 0.3) is 0 Å². The quantitative estimate of drug-likeness (QED) is 0.753. The van der Waals surface area contributed by atoms with Gasteiger partial charge in [0.1, 0.15) is 5.60 Å². The number of rotatable bonds is 3. The van der Waals surface area contributed by atoms with Crippen molar-refractivity contribution in [2.45, 2.75) is 52.3 Å². The van der Waals surface area contributed by atoms with Gasteiger partial charge in [-0.15, -0.1) is 0 Å². The second-order valence-corrected chi connectivity index (χ2v) is 7.27. The first kappa shape index (κ1) is 20.2. The Balaban J connectivity index is 2.91. The second-order valence-electron chi connectivity index (χ2n) is 7.27. The second kappa shape index (κ2) is 7.83. The molecule has 0 aromatic heterocycles. The topological polar surface area (TPSA) is 102 Å². The van der Waals surface area contributed by atoms with Crippen LogP contribution in [0.2, 0.25) is 0 Å². The lowest BCUT2D eigenvalue weighted by Gasteiger charge is -2.41. The van der Waals surface area contributed by atoms with E-state index in [2.05, 4.69) is 0 Å². The van der Waals surface area contributed by atoms with Crippen molar-refractivity contribution < 1.29 is 23.9 Å². The Morgan fingerprint density at radius 2 is 1.75 bits per heavy atom. The van der Waals surface area contributed by atoms with Crippen LogP contribution in [0.1, 0.15) is 34.6 Å². The standard InChI is InChI=1S/C16H29N3O5/c1-10(2)12(17)13(20)18-7-8-19(11(9-18)14(21)23-6)15(22)24-16(3,4)5/h10-12H,7-9,17H2,1-6H3/t11?,12-/m0/s1. The van der Waals surface area contributed by atoms with Crippen molar-refractivity contribution in [3.8, 4) is 0 Å². The maximum absolute atomic E-state index is 12.4. The summed E-state index contributed by atoms with van der Waals surface area (Å²) in [5.74, 6) is -0.836. The van der Waals surface area contributed by atoms with E-state index in [0.717, 1.165) is 0 Å². The van der Waals surface area contributed by atoms with Gasteiger partial charge >= 0.3 is 12.1 Å². The molecule has 1 saturated heterocycles. The molecule has 0 bridgehead atoms. The van der Waals surface area contributed by atoms with Crippen LogP contribution in [-0.4, -0.2) is 72.2 Å². The van der Waals surface area contributed by atoms with Crippen molar-refractivity contribution >= 4 is 18.0 Å². The zero-order valence-electron chi connectivity index (χ0n) is 15.4. The molecular formula is C16H29N3O5. The average Bonchev–Trinajstić information content (AvgIpc) is 2.50. The van der Waals surface area contributed by atoms with Gasteiger partial charge in [0.2, 0.25) is 5.91 Å². The number of piperazine rings is 1. The summed E-state index contributed by atoms with van der Waals surface area (Å²) in [7, 11) is 1.25. The van der Waals surface area contributed by atoms with Crippen molar-refractivity contribution in [2.24, 2.45) is 11.7 Å². The molecule has 0 aromatic rings. The number of hydrogen-bond acceptors (Lipinski definition) is 6. The number of esters is 1. The van der Waals surface area contributed by atoms with E-state index >= 15 is 0 Å². The maximum atomic E-state index is 12.4. The minimum Gasteiger partial charge on any atom is -0.467 e. The molecule has 1 aliphatic rings. The molecule has 2 amide bonds. The molecule has 2 N–H and O–H groups in total. The lowest BCUT2D eigenvalue weighted by atomic mass is 10.0. The third kappa shape index (κ3) is 5.09. The number of nitrogens with zero attached hydrogens (tertiary/aromatic N) is 2. The monoisotopic (exact) mass is 343 g/mol. The van der Waals surface area contributed by atoms with Gasteiger partial charge in [0.15, 0.2) is 6.04 Å². The van der Waals surface area contributed by atoms with Gasteiger partial charge in [-0.05, 0) is 26.7 Å². The Labute approximate surface area is 143 Å². The molecule has 8 heteroatoms. The molecule has 2 atom stereocenters. The van der Waals surface area contributed by atoms with E-state index in [1.165, 1.54) is 16.9 Å². The van der Waals surface area contributed by atoms with E-state index < -0.39 is 29.7 Å². The van der Waals surface area contributed by atoms with Crippen molar-refractivity contribution in [3.63, 3.8) is 0 Å². The van der Waals surface area contributed by atoms with Crippen LogP contribution in [0.3, 0.4) is 0 Å². The fourth-order valence-electron chi connectivity index (χ4n) is 2.36. The molecule has 8 nitrogen and oxygen atoms in total. The summed E-state index contributed by atoms with van der Waals surface area (Å²) in [4.78, 5) is 39.6. The number of ether oxygens (including phenoxy) is 2. The number of carbonyl (C=O) groups is 3. The van der Waals surface area contributed by atoms with Crippen LogP contribution in [0, 0.1) is 5.92 Å². The minimum atomic E-state index is -0.901. The first-order chi connectivity index (χ1) is 11.0. The highest BCUT2D eigenvalue weighted by molar-refractivity contribution is 5.86. The Bertz CT molecular complexity index is 487. The van der Waals surface area contributed by atoms with E-state index in [9.17, 15) is 14.4 Å². The van der Waals surface area contributed by atoms with Gasteiger partial charge in [0.05, 0.1) is 19.7 Å². The SMILES string of the molecule is COC(=O)C1CN(C(=O)[C@@H](N)C(C)C)CCN1C(=O)OC(C)(C)C. The molecule has 1 unspecified atom stereocenters. The Kier molecular flexibility index (Phi) is 6.59. The van der Waals surface area contributed by atoms with Gasteiger partial charge in [-0.2, -0.15) is 0 Å². The van der Waals surface area contributed by atoms with E-state index in [1.807, 2.05) is 13.8 Å². The summed E-state index contributed by atoms with van der Waals surface area (Å²) < 4.78 is 10.1. The number of nitrogens with two attached hydrogens (primary N) is 1. The molecule has 0 aliphatic carbocycles. The van der Waals surface area contributed by atoms with Gasteiger partial charge in [0.25, 0.3) is 0 Å². The van der Waals surface area contributed by atoms with Crippen molar-refractivity contribution in [2.75, 3.05) is 26.7 Å². The van der Waals surface area contributed by atoms with E-state index in [1.54, 1.807) is 20.8 Å². The number of carbonyl (C=O) groups excluding carboxylic acids is 3. The summed E-state index contributed by atoms with van der Waals surface area (Å²) >= 11 is 0. The average molecular weight is 343 g/mol. The van der Waals surface area contributed by atoms with Crippen LogP contribution < -0.4 is 5.73 Å². The summed E-state index contributed by atoms with van der Waals surface area (Å²) in [5, 5.41) is 0. The molecule has 1 heterocycles. The van der Waals surface area contributed by atoms with Gasteiger partial charge in [-0.3, -0.25) is 9.69 Å². The Morgan fingerprint density at radius 1 is 1.17 bits per heavy atom. The first-order valence-electron chi connectivity index (χ1n) is 8.09. The lowest BCUT2D eigenvalue weighted by molar-refractivity contribution is -0.151. The highest BCUT2D eigenvalue weighted by atomic mass is 16.6. The van der Waals surface area contributed by atoms with E-state index in [-0.39, 0.29) is 24.9 Å². The lowest BCUT2D eigenvalue weighted by Crippen LogP contribution is -2.62. The highest BCUT2D eigenvalue weighted by Crippen LogP contribution is 2.18. The van der Waals surface area contributed by atoms with Crippen LogP contribution >= 0.6 is 0 Å². The number of hydrogen-bond donors (Lipinski definition) is 1. The predicted octanol–water partition coefficient (Wildman–Crippen LogP) is 0.591. The van der Waals surface area contributed by atoms with Crippen molar-refractivity contribution in [1.82, 2.24) is 9.80 Å². The summed E-state index contributed by atoms with van der Waals surface area (Å²) in [6, 6.07) is -1.54. The Morgan fingerprint density at radius 3 is 2.21 bits per heavy atom. The molecule has 0 aromatic carbocycles. The van der Waals surface area contributed by atoms with Crippen LogP contribution in [0.15, 0.2) is 0 Å². The van der Waals surface area contributed by atoms with Gasteiger partial charge in [-0.1, -0.05) is 13.8 Å². The number of methoxy groups -OCH3 is 1. The molecule has 1 aliphatic heterocycles. The number of amides is 2. The highest BCUT2D eigenvalue weighted by Gasteiger charge is 2.40. The van der Waals surface area contributed by atoms with Gasteiger partial charge in [-0.25, -0.2) is 9.59 Å². The zero-order chi connectivity index (χ0) is 18.7. The largest absolute Gasteiger partial charge is 0.467 e. The smallest absolute Gasteiger partial charge is 0.411 e. The molecular weight excluding hydrogens is 314 g/mol. The maximum Gasteiger partial charge on any atom is 0.411 e. The Hall–Kier alpha value is -1.83. The molecule has 24 heavy (non-hydrogen) atoms. The van der Waals surface area contributed by atoms with Crippen LogP contribution in [-0.2, 0) is 19.1 Å². The van der Waals surface area contributed by atoms with Crippen molar-refractivity contribution in [3.05, 3.63) is 0 Å². The summed E-state index contributed by atoms with van der Waals surface area (Å²) in [5.41, 5.74) is 5.23. The zero-order valence-corrected chi connectivity index (χ0v) is 15.4. The fraction of sp³-hybridized carbons (Fsp3) is 0.812. The van der Waals surface area contributed by atoms with Gasteiger partial charge < -0.3 is 20.1 Å². The molecule has 1 fully saturated rings. The van der Waals surface area contributed by atoms with Crippen molar-refractivity contribution in [1.29, 1.82) is 0 Å². The molecule has 1 rings (SSSR count). The molecule has 0 saturated carbocycles. The van der Waals surface area contributed by atoms with E-state index in [4.69, 9.17) is 15.2 Å². The minimum absolute atomic E-state index is 0.0158. The molecule has 0 radical (unpaired) electrons. The summed E-state index contributed by atoms with van der Waals surface area (Å²) in [6.45, 7) is 9.50. The third-order valence-electron chi connectivity index (χ3n) is 3.80. The first-order valence-corrected chi connectivity index (χ1v) is 8.09. The van der Waals surface area contributed by atoms with Crippen LogP contribution in [0.5, 0.6) is 0 Å². The van der Waals surface area contributed by atoms with Crippen LogP contribution in [0.4, 0.5) is 4.79 Å². The predicted molar refractivity (Wildman–Crippen MR) is 88.1 cm³/mol. The molecule has 138 valence electrons. The third-order valence-corrected chi connectivity index (χ3v) is 3.80. The summed E-state index contributed by atoms with van der Waals surface area (Å²) in [6.07, 6.45) is -0.599. The normalized spacial score (nSPS) is 19.9. The van der Waals surface area contributed by atoms with Gasteiger partial charge in [0, 0.05) is 13.1 Å².